The number of benzene rings is 1. The highest BCUT2D eigenvalue weighted by molar-refractivity contribution is 6.35. The van der Waals surface area contributed by atoms with Gasteiger partial charge in [0, 0.05) is 23.4 Å². The van der Waals surface area contributed by atoms with E-state index in [-0.39, 0.29) is 0 Å². The SMILES string of the molecule is N#CCCCC1(c2ccc(Cl)cc2Cl)OCCO1. The highest BCUT2D eigenvalue weighted by atomic mass is 35.5. The van der Waals surface area contributed by atoms with Crippen LogP contribution in [0.15, 0.2) is 18.2 Å². The molecule has 5 heteroatoms. The van der Waals surface area contributed by atoms with Crippen molar-refractivity contribution >= 4 is 23.2 Å². The lowest BCUT2D eigenvalue weighted by Gasteiger charge is -2.28. The second-order valence-electron chi connectivity index (χ2n) is 4.09. The van der Waals surface area contributed by atoms with Gasteiger partial charge in [0.15, 0.2) is 5.79 Å². The second kappa shape index (κ2) is 5.90. The van der Waals surface area contributed by atoms with E-state index in [0.717, 1.165) is 5.56 Å². The molecule has 18 heavy (non-hydrogen) atoms. The number of halogens is 2. The smallest absolute Gasteiger partial charge is 0.196 e. The van der Waals surface area contributed by atoms with E-state index in [9.17, 15) is 0 Å². The molecule has 1 aliphatic heterocycles. The fourth-order valence-electron chi connectivity index (χ4n) is 2.09. The number of unbranched alkanes of at least 4 members (excludes halogenated alkanes) is 1. The van der Waals surface area contributed by atoms with Crippen molar-refractivity contribution < 1.29 is 9.47 Å². The first-order chi connectivity index (χ1) is 8.68. The zero-order valence-corrected chi connectivity index (χ0v) is 11.3. The molecule has 0 amide bonds. The maximum absolute atomic E-state index is 8.61. The van der Waals surface area contributed by atoms with Crippen LogP contribution in [0.25, 0.3) is 0 Å². The molecule has 1 aromatic rings. The van der Waals surface area contributed by atoms with E-state index in [0.29, 0.717) is 42.5 Å². The van der Waals surface area contributed by atoms with Crippen LogP contribution in [0, 0.1) is 11.3 Å². The third-order valence-electron chi connectivity index (χ3n) is 2.89. The van der Waals surface area contributed by atoms with Gasteiger partial charge in [-0.1, -0.05) is 29.3 Å². The van der Waals surface area contributed by atoms with Crippen LogP contribution in [0.1, 0.15) is 24.8 Å². The van der Waals surface area contributed by atoms with E-state index in [1.807, 2.05) is 6.07 Å². The van der Waals surface area contributed by atoms with E-state index < -0.39 is 5.79 Å². The summed E-state index contributed by atoms with van der Waals surface area (Å²) in [5.41, 5.74) is 0.781. The Morgan fingerprint density at radius 2 is 2.00 bits per heavy atom. The lowest BCUT2D eigenvalue weighted by Crippen LogP contribution is -2.27. The molecule has 96 valence electrons. The molecular weight excluding hydrogens is 273 g/mol. The Labute approximate surface area is 116 Å². The first kappa shape index (κ1) is 13.6. The number of ether oxygens (including phenoxy) is 2. The normalized spacial score (nSPS) is 17.6. The van der Waals surface area contributed by atoms with Crippen molar-refractivity contribution in [3.8, 4) is 6.07 Å². The van der Waals surface area contributed by atoms with Gasteiger partial charge >= 0.3 is 0 Å². The van der Waals surface area contributed by atoms with Crippen molar-refractivity contribution in [2.75, 3.05) is 13.2 Å². The summed E-state index contributed by atoms with van der Waals surface area (Å²) in [5, 5.41) is 9.72. The number of rotatable bonds is 4. The van der Waals surface area contributed by atoms with Gasteiger partial charge in [-0.3, -0.25) is 0 Å². The standard InChI is InChI=1S/C13H13Cl2NO2/c14-10-3-4-11(12(15)9-10)13(5-1-2-6-16)17-7-8-18-13/h3-4,9H,1-2,5,7-8H2. The monoisotopic (exact) mass is 285 g/mol. The van der Waals surface area contributed by atoms with Gasteiger partial charge < -0.3 is 9.47 Å². The molecule has 0 radical (unpaired) electrons. The summed E-state index contributed by atoms with van der Waals surface area (Å²) in [6, 6.07) is 7.38. The summed E-state index contributed by atoms with van der Waals surface area (Å²) >= 11 is 12.1. The fourth-order valence-corrected chi connectivity index (χ4v) is 2.64. The molecule has 1 aliphatic rings. The molecule has 0 spiro atoms. The Balaban J connectivity index is 2.26. The van der Waals surface area contributed by atoms with Gasteiger partial charge in [0.1, 0.15) is 0 Å². The summed E-state index contributed by atoms with van der Waals surface area (Å²) in [7, 11) is 0. The minimum atomic E-state index is -0.821. The first-order valence-corrected chi connectivity index (χ1v) is 6.54. The molecular formula is C13H13Cl2NO2. The number of hydrogen-bond acceptors (Lipinski definition) is 3. The van der Waals surface area contributed by atoms with Gasteiger partial charge in [0.05, 0.1) is 24.3 Å². The molecule has 0 saturated carbocycles. The Bertz CT molecular complexity index is 465. The molecule has 0 unspecified atom stereocenters. The second-order valence-corrected chi connectivity index (χ2v) is 4.93. The van der Waals surface area contributed by atoms with Crippen molar-refractivity contribution in [1.82, 2.24) is 0 Å². The maximum atomic E-state index is 8.61. The summed E-state index contributed by atoms with van der Waals surface area (Å²) in [4.78, 5) is 0. The van der Waals surface area contributed by atoms with Crippen molar-refractivity contribution in [2.45, 2.75) is 25.0 Å². The number of nitrogens with zero attached hydrogens (tertiary/aromatic N) is 1. The van der Waals surface area contributed by atoms with Crippen molar-refractivity contribution in [3.63, 3.8) is 0 Å². The van der Waals surface area contributed by atoms with Gasteiger partial charge in [-0.2, -0.15) is 5.26 Å². The topological polar surface area (TPSA) is 42.2 Å². The molecule has 0 bridgehead atoms. The average Bonchev–Trinajstić information content (AvgIpc) is 2.79. The van der Waals surface area contributed by atoms with E-state index in [4.69, 9.17) is 37.9 Å². The zero-order valence-electron chi connectivity index (χ0n) is 9.79. The van der Waals surface area contributed by atoms with Crippen LogP contribution in [-0.4, -0.2) is 13.2 Å². The van der Waals surface area contributed by atoms with Gasteiger partial charge in [0.25, 0.3) is 0 Å². The predicted molar refractivity (Wildman–Crippen MR) is 69.5 cm³/mol. The van der Waals surface area contributed by atoms with Gasteiger partial charge in [0.2, 0.25) is 0 Å². The average molecular weight is 286 g/mol. The number of nitriles is 1. The molecule has 1 aromatic carbocycles. The van der Waals surface area contributed by atoms with E-state index >= 15 is 0 Å². The third kappa shape index (κ3) is 2.78. The van der Waals surface area contributed by atoms with Crippen LogP contribution in [0.4, 0.5) is 0 Å². The molecule has 0 N–H and O–H groups in total. The molecule has 1 fully saturated rings. The molecule has 0 aliphatic carbocycles. The Morgan fingerprint density at radius 1 is 1.28 bits per heavy atom. The van der Waals surface area contributed by atoms with Crippen molar-refractivity contribution in [1.29, 1.82) is 5.26 Å². The van der Waals surface area contributed by atoms with Crippen LogP contribution >= 0.6 is 23.2 Å². The molecule has 1 heterocycles. The Hall–Kier alpha value is -0.790. The summed E-state index contributed by atoms with van der Waals surface area (Å²) in [6.45, 7) is 1.07. The Kier molecular flexibility index (Phi) is 4.47. The van der Waals surface area contributed by atoms with Crippen molar-refractivity contribution in [3.05, 3.63) is 33.8 Å². The maximum Gasteiger partial charge on any atom is 0.196 e. The van der Waals surface area contributed by atoms with Crippen LogP contribution < -0.4 is 0 Å². The highest BCUT2D eigenvalue weighted by Gasteiger charge is 2.39. The lowest BCUT2D eigenvalue weighted by molar-refractivity contribution is -0.171. The summed E-state index contributed by atoms with van der Waals surface area (Å²) in [5.74, 6) is -0.821. The van der Waals surface area contributed by atoms with Crippen LogP contribution in [-0.2, 0) is 15.3 Å². The largest absolute Gasteiger partial charge is 0.343 e. The quantitative estimate of drug-likeness (QED) is 0.789. The predicted octanol–water partition coefficient (Wildman–Crippen LogP) is 3.89. The summed E-state index contributed by atoms with van der Waals surface area (Å²) in [6.07, 6.45) is 1.79. The minimum Gasteiger partial charge on any atom is -0.343 e. The van der Waals surface area contributed by atoms with Gasteiger partial charge in [-0.05, 0) is 18.6 Å². The third-order valence-corrected chi connectivity index (χ3v) is 3.44. The molecule has 1 saturated heterocycles. The van der Waals surface area contributed by atoms with E-state index in [2.05, 4.69) is 6.07 Å². The molecule has 2 rings (SSSR count). The molecule has 0 aromatic heterocycles. The zero-order chi connectivity index (χ0) is 13.0. The van der Waals surface area contributed by atoms with Gasteiger partial charge in [-0.15, -0.1) is 0 Å². The lowest BCUT2D eigenvalue weighted by atomic mass is 9.99. The fraction of sp³-hybridized carbons (Fsp3) is 0.462. The molecule has 0 atom stereocenters. The highest BCUT2D eigenvalue weighted by Crippen LogP contribution is 2.40. The van der Waals surface area contributed by atoms with Crippen molar-refractivity contribution in [2.24, 2.45) is 0 Å². The van der Waals surface area contributed by atoms with E-state index in [1.54, 1.807) is 12.1 Å². The number of hydrogen-bond donors (Lipinski definition) is 0. The van der Waals surface area contributed by atoms with E-state index in [1.165, 1.54) is 0 Å². The van der Waals surface area contributed by atoms with Gasteiger partial charge in [-0.25, -0.2) is 0 Å². The minimum absolute atomic E-state index is 0.472. The summed E-state index contributed by atoms with van der Waals surface area (Å²) < 4.78 is 11.5. The molecule has 3 nitrogen and oxygen atoms in total. The Morgan fingerprint density at radius 3 is 2.61 bits per heavy atom. The van der Waals surface area contributed by atoms with Crippen LogP contribution in [0.2, 0.25) is 10.0 Å². The van der Waals surface area contributed by atoms with Crippen LogP contribution in [0.5, 0.6) is 0 Å². The first-order valence-electron chi connectivity index (χ1n) is 5.78. The van der Waals surface area contributed by atoms with Crippen LogP contribution in [0.3, 0.4) is 0 Å².